The summed E-state index contributed by atoms with van der Waals surface area (Å²) < 4.78 is 16.2. The first-order valence-electron chi connectivity index (χ1n) is 5.41. The third-order valence-corrected chi connectivity index (χ3v) is 3.29. The van der Waals surface area contributed by atoms with Gasteiger partial charge in [-0.2, -0.15) is 0 Å². The highest BCUT2D eigenvalue weighted by Gasteiger charge is 2.41. The molecule has 88 valence electrons. The Kier molecular flexibility index (Phi) is 2.91. The van der Waals surface area contributed by atoms with E-state index < -0.39 is 0 Å². The molecule has 1 saturated heterocycles. The average Bonchev–Trinajstić information content (AvgIpc) is 2.22. The maximum Gasteiger partial charge on any atom is 0.139 e. The standard InChI is InChI=1S/C13H18O3/c1-9-6-12(14-3)10(2)5-11(9)13(15-4)7-16-8-13/h5-6H,7-8H2,1-4H3. The second-order valence-electron chi connectivity index (χ2n) is 4.33. The van der Waals surface area contributed by atoms with E-state index in [0.717, 1.165) is 11.3 Å². The van der Waals surface area contributed by atoms with Gasteiger partial charge in [0.25, 0.3) is 0 Å². The Labute approximate surface area is 96.3 Å². The molecular formula is C13H18O3. The van der Waals surface area contributed by atoms with Crippen molar-refractivity contribution in [2.24, 2.45) is 0 Å². The van der Waals surface area contributed by atoms with Crippen LogP contribution in [0.4, 0.5) is 0 Å². The number of ether oxygens (including phenoxy) is 3. The molecule has 3 heteroatoms. The lowest BCUT2D eigenvalue weighted by molar-refractivity contribution is -0.202. The molecule has 1 heterocycles. The van der Waals surface area contributed by atoms with Crippen molar-refractivity contribution < 1.29 is 14.2 Å². The fourth-order valence-corrected chi connectivity index (χ4v) is 2.17. The molecule has 0 unspecified atom stereocenters. The highest BCUT2D eigenvalue weighted by Crippen LogP contribution is 2.37. The zero-order valence-corrected chi connectivity index (χ0v) is 10.3. The molecule has 0 amide bonds. The minimum atomic E-state index is -0.249. The van der Waals surface area contributed by atoms with Crippen LogP contribution in [-0.4, -0.2) is 27.4 Å². The summed E-state index contributed by atoms with van der Waals surface area (Å²) in [4.78, 5) is 0. The maximum absolute atomic E-state index is 5.60. The van der Waals surface area contributed by atoms with Gasteiger partial charge in [-0.25, -0.2) is 0 Å². The van der Waals surface area contributed by atoms with Crippen molar-refractivity contribution in [1.29, 1.82) is 0 Å². The zero-order valence-electron chi connectivity index (χ0n) is 10.3. The van der Waals surface area contributed by atoms with Crippen LogP contribution < -0.4 is 4.74 Å². The molecule has 0 radical (unpaired) electrons. The lowest BCUT2D eigenvalue weighted by Gasteiger charge is -2.41. The van der Waals surface area contributed by atoms with Crippen molar-refractivity contribution in [1.82, 2.24) is 0 Å². The lowest BCUT2D eigenvalue weighted by atomic mass is 9.87. The molecule has 0 bridgehead atoms. The average molecular weight is 222 g/mol. The van der Waals surface area contributed by atoms with Gasteiger partial charge in [-0.15, -0.1) is 0 Å². The summed E-state index contributed by atoms with van der Waals surface area (Å²) in [6.45, 7) is 5.40. The van der Waals surface area contributed by atoms with Gasteiger partial charge in [0, 0.05) is 7.11 Å². The number of hydrogen-bond donors (Lipinski definition) is 0. The molecule has 0 saturated carbocycles. The summed E-state index contributed by atoms with van der Waals surface area (Å²) in [5, 5.41) is 0. The number of hydrogen-bond acceptors (Lipinski definition) is 3. The van der Waals surface area contributed by atoms with Crippen LogP contribution in [0.15, 0.2) is 12.1 Å². The Morgan fingerprint density at radius 3 is 2.25 bits per heavy atom. The molecule has 16 heavy (non-hydrogen) atoms. The summed E-state index contributed by atoms with van der Waals surface area (Å²) in [5.74, 6) is 0.924. The molecule has 0 aliphatic carbocycles. The van der Waals surface area contributed by atoms with E-state index in [1.165, 1.54) is 11.1 Å². The normalized spacial score (nSPS) is 18.0. The summed E-state index contributed by atoms with van der Waals surface area (Å²) in [6.07, 6.45) is 0. The van der Waals surface area contributed by atoms with Crippen LogP contribution >= 0.6 is 0 Å². The van der Waals surface area contributed by atoms with E-state index in [4.69, 9.17) is 14.2 Å². The predicted octanol–water partition coefficient (Wildman–Crippen LogP) is 2.18. The van der Waals surface area contributed by atoms with Gasteiger partial charge >= 0.3 is 0 Å². The Bertz CT molecular complexity index is 389. The minimum Gasteiger partial charge on any atom is -0.496 e. The first kappa shape index (κ1) is 11.4. The van der Waals surface area contributed by atoms with Crippen LogP contribution in [-0.2, 0) is 15.1 Å². The van der Waals surface area contributed by atoms with Crippen LogP contribution in [0, 0.1) is 13.8 Å². The second-order valence-corrected chi connectivity index (χ2v) is 4.33. The van der Waals surface area contributed by atoms with Crippen LogP contribution in [0.3, 0.4) is 0 Å². The van der Waals surface area contributed by atoms with Crippen molar-refractivity contribution in [3.8, 4) is 5.75 Å². The van der Waals surface area contributed by atoms with E-state index in [0.29, 0.717) is 13.2 Å². The van der Waals surface area contributed by atoms with Gasteiger partial charge in [0.15, 0.2) is 0 Å². The van der Waals surface area contributed by atoms with Crippen molar-refractivity contribution in [2.75, 3.05) is 27.4 Å². The van der Waals surface area contributed by atoms with Gasteiger partial charge in [0.1, 0.15) is 11.4 Å². The lowest BCUT2D eigenvalue weighted by Crippen LogP contribution is -2.48. The molecule has 1 fully saturated rings. The molecule has 2 rings (SSSR count). The Morgan fingerprint density at radius 2 is 1.81 bits per heavy atom. The van der Waals surface area contributed by atoms with Crippen molar-refractivity contribution in [2.45, 2.75) is 19.4 Å². The summed E-state index contributed by atoms with van der Waals surface area (Å²) in [7, 11) is 3.43. The van der Waals surface area contributed by atoms with E-state index in [1.54, 1.807) is 14.2 Å². The first-order valence-corrected chi connectivity index (χ1v) is 5.41. The Morgan fingerprint density at radius 1 is 1.12 bits per heavy atom. The summed E-state index contributed by atoms with van der Waals surface area (Å²) >= 11 is 0. The van der Waals surface area contributed by atoms with Gasteiger partial charge in [-0.3, -0.25) is 0 Å². The molecule has 1 aliphatic heterocycles. The van der Waals surface area contributed by atoms with E-state index in [1.807, 2.05) is 6.92 Å². The molecule has 3 nitrogen and oxygen atoms in total. The Balaban J connectivity index is 2.45. The van der Waals surface area contributed by atoms with Gasteiger partial charge in [-0.05, 0) is 42.7 Å². The highest BCUT2D eigenvalue weighted by atomic mass is 16.6. The third-order valence-electron chi connectivity index (χ3n) is 3.29. The maximum atomic E-state index is 5.60. The molecule has 1 aromatic rings. The quantitative estimate of drug-likeness (QED) is 0.784. The van der Waals surface area contributed by atoms with Gasteiger partial charge in [0.2, 0.25) is 0 Å². The van der Waals surface area contributed by atoms with E-state index in [9.17, 15) is 0 Å². The summed E-state index contributed by atoms with van der Waals surface area (Å²) in [5.41, 5.74) is 3.28. The molecule has 0 aromatic heterocycles. The summed E-state index contributed by atoms with van der Waals surface area (Å²) in [6, 6.07) is 4.20. The van der Waals surface area contributed by atoms with E-state index in [-0.39, 0.29) is 5.60 Å². The molecule has 0 atom stereocenters. The monoisotopic (exact) mass is 222 g/mol. The molecule has 1 aliphatic rings. The Hall–Kier alpha value is -1.06. The topological polar surface area (TPSA) is 27.7 Å². The SMILES string of the molecule is COc1cc(C)c(C2(OC)COC2)cc1C. The molecule has 0 N–H and O–H groups in total. The number of rotatable bonds is 3. The van der Waals surface area contributed by atoms with Gasteiger partial charge in [0.05, 0.1) is 20.3 Å². The van der Waals surface area contributed by atoms with Crippen molar-refractivity contribution >= 4 is 0 Å². The fraction of sp³-hybridized carbons (Fsp3) is 0.538. The molecular weight excluding hydrogens is 204 g/mol. The largest absolute Gasteiger partial charge is 0.496 e. The first-order chi connectivity index (χ1) is 7.63. The minimum absolute atomic E-state index is 0.249. The van der Waals surface area contributed by atoms with Crippen molar-refractivity contribution in [3.05, 3.63) is 28.8 Å². The van der Waals surface area contributed by atoms with Gasteiger partial charge in [-0.1, -0.05) is 0 Å². The van der Waals surface area contributed by atoms with Gasteiger partial charge < -0.3 is 14.2 Å². The predicted molar refractivity (Wildman–Crippen MR) is 62.0 cm³/mol. The number of benzene rings is 1. The van der Waals surface area contributed by atoms with E-state index >= 15 is 0 Å². The molecule has 0 spiro atoms. The smallest absolute Gasteiger partial charge is 0.139 e. The van der Waals surface area contributed by atoms with Crippen LogP contribution in [0.2, 0.25) is 0 Å². The second kappa shape index (κ2) is 4.07. The van der Waals surface area contributed by atoms with Crippen LogP contribution in [0.25, 0.3) is 0 Å². The fourth-order valence-electron chi connectivity index (χ4n) is 2.17. The van der Waals surface area contributed by atoms with E-state index in [2.05, 4.69) is 19.1 Å². The van der Waals surface area contributed by atoms with Crippen LogP contribution in [0.1, 0.15) is 16.7 Å². The van der Waals surface area contributed by atoms with Crippen molar-refractivity contribution in [3.63, 3.8) is 0 Å². The number of methoxy groups -OCH3 is 2. The number of aryl methyl sites for hydroxylation is 2. The highest BCUT2D eigenvalue weighted by molar-refractivity contribution is 5.44. The molecule has 1 aromatic carbocycles. The zero-order chi connectivity index (χ0) is 11.8. The van der Waals surface area contributed by atoms with Crippen LogP contribution in [0.5, 0.6) is 5.75 Å². The third kappa shape index (κ3) is 1.60.